The van der Waals surface area contributed by atoms with Gasteiger partial charge in [-0.2, -0.15) is 0 Å². The lowest BCUT2D eigenvalue weighted by atomic mass is 10.2. The van der Waals surface area contributed by atoms with Crippen LogP contribution in [0.3, 0.4) is 0 Å². The van der Waals surface area contributed by atoms with Crippen LogP contribution in [0.15, 0.2) is 42.5 Å². The average molecular weight is 289 g/mol. The first kappa shape index (κ1) is 17.0. The smallest absolute Gasteiger partial charge is 0.302 e. The van der Waals surface area contributed by atoms with Crippen molar-refractivity contribution in [1.82, 2.24) is 4.90 Å². The maximum Gasteiger partial charge on any atom is 0.302 e. The second-order valence-corrected chi connectivity index (χ2v) is 5.14. The third-order valence-corrected chi connectivity index (χ3v) is 2.87. The second kappa shape index (κ2) is 8.95. The fourth-order valence-electron chi connectivity index (χ4n) is 1.96. The van der Waals surface area contributed by atoms with Crippen molar-refractivity contribution >= 4 is 11.9 Å². The first-order chi connectivity index (χ1) is 9.99. The minimum absolute atomic E-state index is 0.0500. The van der Waals surface area contributed by atoms with Gasteiger partial charge in [0, 0.05) is 26.4 Å². The Labute approximate surface area is 126 Å². The Kier molecular flexibility index (Phi) is 7.23. The van der Waals surface area contributed by atoms with Crippen molar-refractivity contribution in [3.05, 3.63) is 48.0 Å². The minimum Gasteiger partial charge on any atom is -0.466 e. The Bertz CT molecular complexity index is 482. The maximum absolute atomic E-state index is 12.3. The van der Waals surface area contributed by atoms with Gasteiger partial charge in [-0.1, -0.05) is 42.5 Å². The quantitative estimate of drug-likeness (QED) is 0.420. The molecule has 0 heterocycles. The number of rotatable bonds is 8. The molecule has 1 rings (SSSR count). The zero-order chi connectivity index (χ0) is 15.7. The average Bonchev–Trinajstić information content (AvgIpc) is 2.43. The predicted molar refractivity (Wildman–Crippen MR) is 82.5 cm³/mol. The van der Waals surface area contributed by atoms with Crippen LogP contribution in [0.25, 0.3) is 0 Å². The van der Waals surface area contributed by atoms with Gasteiger partial charge in [0.1, 0.15) is 0 Å². The fraction of sp³-hybridized carbons (Fsp3) is 0.412. The van der Waals surface area contributed by atoms with Gasteiger partial charge in [0.2, 0.25) is 5.91 Å². The van der Waals surface area contributed by atoms with E-state index in [-0.39, 0.29) is 18.5 Å². The van der Waals surface area contributed by atoms with Crippen molar-refractivity contribution in [1.29, 1.82) is 0 Å². The summed E-state index contributed by atoms with van der Waals surface area (Å²) in [6.45, 7) is 8.55. The normalized spacial score (nSPS) is 10.0. The van der Waals surface area contributed by atoms with Gasteiger partial charge in [0.15, 0.2) is 0 Å². The van der Waals surface area contributed by atoms with Crippen molar-refractivity contribution in [2.75, 3.05) is 13.2 Å². The van der Waals surface area contributed by atoms with E-state index in [0.717, 1.165) is 11.1 Å². The summed E-state index contributed by atoms with van der Waals surface area (Å²) in [5, 5.41) is 0. The van der Waals surface area contributed by atoms with Crippen LogP contribution < -0.4 is 0 Å². The van der Waals surface area contributed by atoms with Crippen molar-refractivity contribution in [3.8, 4) is 0 Å². The molecule has 0 fully saturated rings. The number of hydrogen-bond acceptors (Lipinski definition) is 3. The molecule has 1 aromatic carbocycles. The molecule has 0 spiro atoms. The number of esters is 1. The molecule has 0 N–H and O–H groups in total. The lowest BCUT2D eigenvalue weighted by Gasteiger charge is -2.23. The molecule has 0 aliphatic heterocycles. The summed E-state index contributed by atoms with van der Waals surface area (Å²) in [5.41, 5.74) is 2.03. The molecule has 0 unspecified atom stereocenters. The van der Waals surface area contributed by atoms with Crippen LogP contribution in [-0.2, 0) is 20.9 Å². The molecule has 0 aliphatic carbocycles. The summed E-state index contributed by atoms with van der Waals surface area (Å²) in [6.07, 6.45) is 0.910. The first-order valence-electron chi connectivity index (χ1n) is 7.08. The molecule has 4 heteroatoms. The Hall–Kier alpha value is -2.10. The van der Waals surface area contributed by atoms with Crippen LogP contribution in [0.2, 0.25) is 0 Å². The standard InChI is InChI=1S/C17H23NO3/c1-14(2)12-18(13-16-8-5-4-6-9-16)17(20)10-7-11-21-15(3)19/h4-6,8-9H,1,7,10-13H2,2-3H3. The highest BCUT2D eigenvalue weighted by Crippen LogP contribution is 2.09. The predicted octanol–water partition coefficient (Wildman–Crippen LogP) is 2.93. The minimum atomic E-state index is -0.314. The summed E-state index contributed by atoms with van der Waals surface area (Å²) in [6, 6.07) is 9.86. The molecule has 0 aliphatic rings. The summed E-state index contributed by atoms with van der Waals surface area (Å²) >= 11 is 0. The van der Waals surface area contributed by atoms with Gasteiger partial charge in [-0.25, -0.2) is 0 Å². The highest BCUT2D eigenvalue weighted by atomic mass is 16.5. The number of ether oxygens (including phenoxy) is 1. The molecule has 114 valence electrons. The van der Waals surface area contributed by atoms with E-state index in [0.29, 0.717) is 25.9 Å². The van der Waals surface area contributed by atoms with Crippen LogP contribution in [-0.4, -0.2) is 29.9 Å². The van der Waals surface area contributed by atoms with Crippen LogP contribution in [0.5, 0.6) is 0 Å². The highest BCUT2D eigenvalue weighted by Gasteiger charge is 2.14. The van der Waals surface area contributed by atoms with Gasteiger partial charge in [0.25, 0.3) is 0 Å². The van der Waals surface area contributed by atoms with Crippen molar-refractivity contribution in [3.63, 3.8) is 0 Å². The van der Waals surface area contributed by atoms with E-state index in [4.69, 9.17) is 4.74 Å². The van der Waals surface area contributed by atoms with Gasteiger partial charge in [-0.15, -0.1) is 0 Å². The highest BCUT2D eigenvalue weighted by molar-refractivity contribution is 5.76. The van der Waals surface area contributed by atoms with Crippen LogP contribution >= 0.6 is 0 Å². The molecule has 1 amide bonds. The van der Waals surface area contributed by atoms with Gasteiger partial charge >= 0.3 is 5.97 Å². The summed E-state index contributed by atoms with van der Waals surface area (Å²) < 4.78 is 4.84. The van der Waals surface area contributed by atoms with Crippen LogP contribution in [0, 0.1) is 0 Å². The number of carbonyl (C=O) groups excluding carboxylic acids is 2. The zero-order valence-corrected chi connectivity index (χ0v) is 12.8. The van der Waals surface area contributed by atoms with Gasteiger partial charge in [-0.3, -0.25) is 9.59 Å². The van der Waals surface area contributed by atoms with E-state index in [1.54, 1.807) is 4.90 Å². The van der Waals surface area contributed by atoms with Crippen LogP contribution in [0.4, 0.5) is 0 Å². The molecule has 21 heavy (non-hydrogen) atoms. The Balaban J connectivity index is 2.53. The molecule has 0 aromatic heterocycles. The monoisotopic (exact) mass is 289 g/mol. The van der Waals surface area contributed by atoms with E-state index in [9.17, 15) is 9.59 Å². The molecule has 0 saturated heterocycles. The van der Waals surface area contributed by atoms with Crippen molar-refractivity contribution in [2.24, 2.45) is 0 Å². The Morgan fingerprint density at radius 3 is 2.43 bits per heavy atom. The van der Waals surface area contributed by atoms with E-state index in [1.165, 1.54) is 6.92 Å². The number of benzene rings is 1. The Morgan fingerprint density at radius 2 is 1.86 bits per heavy atom. The number of hydrogen-bond donors (Lipinski definition) is 0. The first-order valence-corrected chi connectivity index (χ1v) is 7.08. The molecule has 4 nitrogen and oxygen atoms in total. The Morgan fingerprint density at radius 1 is 1.19 bits per heavy atom. The summed E-state index contributed by atoms with van der Waals surface area (Å²) in [7, 11) is 0. The van der Waals surface area contributed by atoms with Crippen molar-refractivity contribution < 1.29 is 14.3 Å². The van der Waals surface area contributed by atoms with Gasteiger partial charge in [-0.05, 0) is 18.9 Å². The SMILES string of the molecule is C=C(C)CN(Cc1ccccc1)C(=O)CCCOC(C)=O. The van der Waals surface area contributed by atoms with Crippen molar-refractivity contribution in [2.45, 2.75) is 33.2 Å². The largest absolute Gasteiger partial charge is 0.466 e. The molecular formula is C17H23NO3. The second-order valence-electron chi connectivity index (χ2n) is 5.14. The number of nitrogens with zero attached hydrogens (tertiary/aromatic N) is 1. The topological polar surface area (TPSA) is 46.6 Å². The lowest BCUT2D eigenvalue weighted by molar-refractivity contribution is -0.142. The summed E-state index contributed by atoms with van der Waals surface area (Å²) in [4.78, 5) is 24.7. The van der Waals surface area contributed by atoms with Gasteiger partial charge in [0.05, 0.1) is 6.61 Å². The third kappa shape index (κ3) is 7.30. The van der Waals surface area contributed by atoms with Gasteiger partial charge < -0.3 is 9.64 Å². The molecule has 0 bridgehead atoms. The van der Waals surface area contributed by atoms with Crippen LogP contribution in [0.1, 0.15) is 32.3 Å². The van der Waals surface area contributed by atoms with E-state index >= 15 is 0 Å². The van der Waals surface area contributed by atoms with E-state index in [2.05, 4.69) is 6.58 Å². The number of carbonyl (C=O) groups is 2. The molecule has 0 radical (unpaired) electrons. The zero-order valence-electron chi connectivity index (χ0n) is 12.8. The molecule has 0 atom stereocenters. The molecule has 0 saturated carbocycles. The third-order valence-electron chi connectivity index (χ3n) is 2.87. The summed E-state index contributed by atoms with van der Waals surface area (Å²) in [5.74, 6) is -0.264. The van der Waals surface area contributed by atoms with E-state index in [1.807, 2.05) is 37.3 Å². The molecule has 1 aromatic rings. The number of amides is 1. The molecular weight excluding hydrogens is 266 g/mol. The maximum atomic E-state index is 12.3. The fourth-order valence-corrected chi connectivity index (χ4v) is 1.96. The lowest BCUT2D eigenvalue weighted by Crippen LogP contribution is -2.32. The van der Waals surface area contributed by atoms with E-state index < -0.39 is 0 Å².